The molecule has 8 nitrogen and oxygen atoms in total. The van der Waals surface area contributed by atoms with Gasteiger partial charge in [-0.1, -0.05) is 0 Å². The van der Waals surface area contributed by atoms with E-state index in [1.54, 1.807) is 12.1 Å². The van der Waals surface area contributed by atoms with E-state index in [-0.39, 0.29) is 24.3 Å². The molecule has 1 aromatic heterocycles. The van der Waals surface area contributed by atoms with Gasteiger partial charge in [0.15, 0.2) is 5.69 Å². The van der Waals surface area contributed by atoms with Gasteiger partial charge in [-0.15, -0.1) is 0 Å². The Hall–Kier alpha value is -3.67. The van der Waals surface area contributed by atoms with E-state index in [2.05, 4.69) is 21.3 Å². The summed E-state index contributed by atoms with van der Waals surface area (Å²) in [6, 6.07) is 11.8. The molecular weight excluding hydrogens is 437 g/mol. The van der Waals surface area contributed by atoms with Crippen molar-refractivity contribution in [2.24, 2.45) is 0 Å². The van der Waals surface area contributed by atoms with Gasteiger partial charge in [0, 0.05) is 37.4 Å². The highest BCUT2D eigenvalue weighted by Crippen LogP contribution is 2.37. The number of carbonyl (C=O) groups is 1. The minimum atomic E-state index is -4.80. The van der Waals surface area contributed by atoms with Crippen molar-refractivity contribution in [1.82, 2.24) is 9.88 Å². The van der Waals surface area contributed by atoms with Gasteiger partial charge < -0.3 is 15.3 Å². The van der Waals surface area contributed by atoms with Crippen molar-refractivity contribution in [3.05, 3.63) is 53.3 Å². The van der Waals surface area contributed by atoms with Crippen LogP contribution in [0.5, 0.6) is 0 Å². The molecule has 1 amide bonds. The number of halogens is 3. The van der Waals surface area contributed by atoms with E-state index in [4.69, 9.17) is 10.5 Å². The Morgan fingerprint density at radius 3 is 2.45 bits per heavy atom. The molecular formula is C22H19F3N6O2. The highest BCUT2D eigenvalue weighted by Gasteiger charge is 2.45. The summed E-state index contributed by atoms with van der Waals surface area (Å²) in [5, 5.41) is 30.3. The van der Waals surface area contributed by atoms with E-state index in [9.17, 15) is 23.1 Å². The molecule has 3 atom stereocenters. The minimum Gasteiger partial charge on any atom is -0.382 e. The van der Waals surface area contributed by atoms with E-state index in [0.29, 0.717) is 24.7 Å². The fourth-order valence-corrected chi connectivity index (χ4v) is 4.37. The first-order chi connectivity index (χ1) is 15.7. The Balaban J connectivity index is 1.34. The largest absolute Gasteiger partial charge is 0.419 e. The molecule has 170 valence electrons. The van der Waals surface area contributed by atoms with Crippen LogP contribution in [0.1, 0.15) is 23.2 Å². The number of nitriles is 2. The average molecular weight is 456 g/mol. The van der Waals surface area contributed by atoms with Gasteiger partial charge in [-0.05, 0) is 36.8 Å². The standard InChI is InChI=1S/C22H19F3N6O2/c23-22(24,25)18-5-14(9-28-19(18)8-27)29-21(33)20(32)12-30-10-16-6-17(11-30)31(16)15-3-1-13(7-26)2-4-15/h1-5,9,16-17,20,32H,6,10-12H2,(H,29,33). The Bertz CT molecular complexity index is 1130. The molecule has 3 fully saturated rings. The number of fused-ring (bicyclic) bond motifs is 2. The van der Waals surface area contributed by atoms with Crippen LogP contribution in [0.3, 0.4) is 0 Å². The number of amides is 1. The number of alkyl halides is 3. The third-order valence-corrected chi connectivity index (χ3v) is 5.86. The number of hydrogen-bond acceptors (Lipinski definition) is 7. The van der Waals surface area contributed by atoms with Crippen LogP contribution in [0, 0.1) is 22.7 Å². The van der Waals surface area contributed by atoms with Gasteiger partial charge in [-0.25, -0.2) is 4.98 Å². The highest BCUT2D eigenvalue weighted by molar-refractivity contribution is 5.94. The van der Waals surface area contributed by atoms with Crippen LogP contribution in [-0.2, 0) is 11.0 Å². The van der Waals surface area contributed by atoms with Crippen molar-refractivity contribution >= 4 is 17.3 Å². The van der Waals surface area contributed by atoms with Gasteiger partial charge in [0.25, 0.3) is 5.91 Å². The van der Waals surface area contributed by atoms with E-state index in [1.165, 1.54) is 6.07 Å². The van der Waals surface area contributed by atoms with Gasteiger partial charge in [0.2, 0.25) is 0 Å². The molecule has 2 bridgehead atoms. The zero-order valence-corrected chi connectivity index (χ0v) is 17.3. The number of pyridine rings is 1. The van der Waals surface area contributed by atoms with Crippen LogP contribution in [0.2, 0.25) is 0 Å². The molecule has 3 aliphatic heterocycles. The topological polar surface area (TPSA) is 116 Å². The average Bonchev–Trinajstić information content (AvgIpc) is 2.79. The lowest BCUT2D eigenvalue weighted by atomic mass is 9.86. The molecule has 5 rings (SSSR count). The van der Waals surface area contributed by atoms with Crippen LogP contribution < -0.4 is 10.2 Å². The maximum absolute atomic E-state index is 13.1. The number of carbonyl (C=O) groups excluding carboxylic acids is 1. The third-order valence-electron chi connectivity index (χ3n) is 5.86. The van der Waals surface area contributed by atoms with Crippen molar-refractivity contribution in [2.45, 2.75) is 30.8 Å². The number of hydrogen-bond donors (Lipinski definition) is 2. The van der Waals surface area contributed by atoms with Crippen molar-refractivity contribution in [3.8, 4) is 12.1 Å². The summed E-state index contributed by atoms with van der Waals surface area (Å²) in [5.74, 6) is -0.849. The number of piperazine rings is 1. The molecule has 0 aliphatic carbocycles. The van der Waals surface area contributed by atoms with Gasteiger partial charge in [-0.3, -0.25) is 9.69 Å². The molecule has 3 saturated heterocycles. The number of nitrogens with zero attached hydrogens (tertiary/aromatic N) is 5. The molecule has 3 unspecified atom stereocenters. The van der Waals surface area contributed by atoms with E-state index >= 15 is 0 Å². The number of aliphatic hydroxyl groups is 1. The monoisotopic (exact) mass is 456 g/mol. The predicted octanol–water partition coefficient (Wildman–Crippen LogP) is 2.11. The van der Waals surface area contributed by atoms with E-state index in [0.717, 1.165) is 18.3 Å². The number of nitrogens with one attached hydrogen (secondary N) is 1. The SMILES string of the molecule is N#Cc1ccc(N2C3CC2CN(CC(O)C(=O)Nc2cnc(C#N)c(C(F)(F)F)c2)C3)cc1. The summed E-state index contributed by atoms with van der Waals surface area (Å²) in [6.07, 6.45) is -4.32. The lowest BCUT2D eigenvalue weighted by molar-refractivity contribution is -0.138. The number of anilines is 2. The fraction of sp³-hybridized carbons (Fsp3) is 0.364. The third kappa shape index (κ3) is 4.60. The van der Waals surface area contributed by atoms with Gasteiger partial charge in [-0.2, -0.15) is 23.7 Å². The van der Waals surface area contributed by atoms with Crippen molar-refractivity contribution < 1.29 is 23.1 Å². The Morgan fingerprint density at radius 2 is 1.88 bits per heavy atom. The van der Waals surface area contributed by atoms with Crippen LogP contribution >= 0.6 is 0 Å². The molecule has 1 aromatic carbocycles. The smallest absolute Gasteiger partial charge is 0.382 e. The van der Waals surface area contributed by atoms with Gasteiger partial charge >= 0.3 is 6.18 Å². The first kappa shape index (κ1) is 22.5. The van der Waals surface area contributed by atoms with Crippen LogP contribution in [0.15, 0.2) is 36.5 Å². The molecule has 11 heteroatoms. The summed E-state index contributed by atoms with van der Waals surface area (Å²) in [6.45, 7) is 1.28. The Labute approximate surface area is 187 Å². The van der Waals surface area contributed by atoms with Gasteiger partial charge in [0.1, 0.15) is 12.2 Å². The fourth-order valence-electron chi connectivity index (χ4n) is 4.37. The number of piperidine rings is 1. The molecule has 2 aromatic rings. The molecule has 4 heterocycles. The Morgan fingerprint density at radius 1 is 1.21 bits per heavy atom. The molecule has 0 spiro atoms. The van der Waals surface area contributed by atoms with E-state index < -0.39 is 29.4 Å². The first-order valence-corrected chi connectivity index (χ1v) is 10.2. The van der Waals surface area contributed by atoms with E-state index in [1.807, 2.05) is 17.0 Å². The van der Waals surface area contributed by atoms with Crippen molar-refractivity contribution in [3.63, 3.8) is 0 Å². The van der Waals surface area contributed by atoms with Gasteiger partial charge in [0.05, 0.1) is 29.1 Å². The summed E-state index contributed by atoms with van der Waals surface area (Å²) < 4.78 is 39.2. The zero-order chi connectivity index (χ0) is 23.8. The lowest BCUT2D eigenvalue weighted by Gasteiger charge is -2.58. The molecule has 0 radical (unpaired) electrons. The molecule has 3 aliphatic rings. The van der Waals surface area contributed by atoms with Crippen molar-refractivity contribution in [1.29, 1.82) is 10.5 Å². The van der Waals surface area contributed by atoms with Crippen LogP contribution in [0.25, 0.3) is 0 Å². The molecule has 2 N–H and O–H groups in total. The maximum Gasteiger partial charge on any atom is 0.419 e. The molecule has 33 heavy (non-hydrogen) atoms. The van der Waals surface area contributed by atoms with Crippen molar-refractivity contribution in [2.75, 3.05) is 29.9 Å². The second-order valence-electron chi connectivity index (χ2n) is 8.06. The summed E-state index contributed by atoms with van der Waals surface area (Å²) >= 11 is 0. The number of aliphatic hydroxyl groups excluding tert-OH is 1. The highest BCUT2D eigenvalue weighted by atomic mass is 19.4. The lowest BCUT2D eigenvalue weighted by Crippen LogP contribution is -2.69. The molecule has 0 saturated carbocycles. The second kappa shape index (κ2) is 8.70. The predicted molar refractivity (Wildman–Crippen MR) is 111 cm³/mol. The minimum absolute atomic E-state index is 0.0376. The quantitative estimate of drug-likeness (QED) is 0.708. The zero-order valence-electron chi connectivity index (χ0n) is 17.3. The van der Waals surface area contributed by atoms with Crippen LogP contribution in [0.4, 0.5) is 24.5 Å². The van der Waals surface area contributed by atoms with Crippen LogP contribution in [-0.4, -0.2) is 58.7 Å². The number of rotatable bonds is 5. The summed E-state index contributed by atoms with van der Waals surface area (Å²) in [5.41, 5.74) is -0.697. The Kier molecular flexibility index (Phi) is 5.93. The first-order valence-electron chi connectivity index (χ1n) is 10.2. The number of aromatic nitrogens is 1. The number of benzene rings is 1. The normalized spacial score (nSPS) is 20.8. The maximum atomic E-state index is 13.1. The summed E-state index contributed by atoms with van der Waals surface area (Å²) in [7, 11) is 0. The summed E-state index contributed by atoms with van der Waals surface area (Å²) in [4.78, 5) is 20.0. The second-order valence-corrected chi connectivity index (χ2v) is 8.06.